The van der Waals surface area contributed by atoms with E-state index in [9.17, 15) is 17.6 Å². The van der Waals surface area contributed by atoms with Crippen LogP contribution in [0.2, 0.25) is 0 Å². The molecule has 12 heteroatoms. The van der Waals surface area contributed by atoms with Crippen molar-refractivity contribution < 1.29 is 27.1 Å². The van der Waals surface area contributed by atoms with Gasteiger partial charge in [0.2, 0.25) is 5.91 Å². The molecule has 0 aromatic rings. The van der Waals surface area contributed by atoms with Gasteiger partial charge in [-0.15, -0.1) is 0 Å². The first kappa shape index (κ1) is 23.9. The lowest BCUT2D eigenvalue weighted by Crippen LogP contribution is -2.47. The maximum atomic E-state index is 14.5. The maximum Gasteiger partial charge on any atom is 0.303 e. The molecule has 5 rings (SSSR count). The van der Waals surface area contributed by atoms with Gasteiger partial charge in [0.25, 0.3) is 0 Å². The topological polar surface area (TPSA) is 104 Å². The highest BCUT2D eigenvalue weighted by Gasteiger charge is 2.42. The molecule has 4 atom stereocenters. The largest absolute Gasteiger partial charge is 0.490 e. The number of carbonyl (C=O) groups is 1. The quantitative estimate of drug-likeness (QED) is 0.582. The van der Waals surface area contributed by atoms with Crippen LogP contribution in [-0.2, 0) is 24.5 Å². The Bertz CT molecular complexity index is 1150. The summed E-state index contributed by atoms with van der Waals surface area (Å²) in [6, 6.07) is -0.442. The van der Waals surface area contributed by atoms with Gasteiger partial charge in [-0.05, 0) is 25.0 Å². The third-order valence-electron chi connectivity index (χ3n) is 7.14. The van der Waals surface area contributed by atoms with Crippen LogP contribution in [0, 0.1) is 11.8 Å². The second-order valence-electron chi connectivity index (χ2n) is 9.18. The summed E-state index contributed by atoms with van der Waals surface area (Å²) in [6.45, 7) is 3.56. The van der Waals surface area contributed by atoms with E-state index in [0.29, 0.717) is 24.7 Å². The molecule has 1 amide bonds. The first-order chi connectivity index (χ1) is 16.8. The van der Waals surface area contributed by atoms with Gasteiger partial charge >= 0.3 is 10.2 Å². The van der Waals surface area contributed by atoms with Crippen LogP contribution in [0.5, 0.6) is 0 Å². The number of likely N-dealkylation sites (tertiary alicyclic amines) is 1. The monoisotopic (exact) mass is 507 g/mol. The second-order valence-corrected chi connectivity index (χ2v) is 11.0. The Morgan fingerprint density at radius 2 is 2.14 bits per heavy atom. The lowest BCUT2D eigenvalue weighted by Gasteiger charge is -2.39. The molecule has 1 fully saturated rings. The minimum absolute atomic E-state index is 0.0109. The van der Waals surface area contributed by atoms with Crippen molar-refractivity contribution in [3.8, 4) is 0 Å². The van der Waals surface area contributed by atoms with E-state index in [1.807, 2.05) is 12.2 Å². The fourth-order valence-corrected chi connectivity index (χ4v) is 6.12. The third-order valence-corrected chi connectivity index (χ3v) is 8.68. The van der Waals surface area contributed by atoms with E-state index < -0.39 is 28.1 Å². The van der Waals surface area contributed by atoms with Crippen LogP contribution in [0.3, 0.4) is 0 Å². The number of nitrogens with zero attached hydrogens (tertiary/aromatic N) is 4. The van der Waals surface area contributed by atoms with Crippen molar-refractivity contribution in [1.29, 1.82) is 0 Å². The molecule has 0 aromatic heterocycles. The number of rotatable bonds is 6. The molecule has 0 saturated carbocycles. The average Bonchev–Trinajstić information content (AvgIpc) is 3.49. The lowest BCUT2D eigenvalue weighted by molar-refractivity contribution is -0.121. The van der Waals surface area contributed by atoms with Crippen molar-refractivity contribution in [2.45, 2.75) is 38.3 Å². The van der Waals surface area contributed by atoms with Gasteiger partial charge in [-0.2, -0.15) is 17.8 Å². The summed E-state index contributed by atoms with van der Waals surface area (Å²) in [4.78, 5) is 15.1. The van der Waals surface area contributed by atoms with Gasteiger partial charge in [0.05, 0.1) is 6.04 Å². The van der Waals surface area contributed by atoms with Crippen LogP contribution in [0.1, 0.15) is 26.2 Å². The molecule has 4 aliphatic heterocycles. The molecule has 190 valence electrons. The predicted molar refractivity (Wildman–Crippen MR) is 126 cm³/mol. The van der Waals surface area contributed by atoms with Gasteiger partial charge in [0, 0.05) is 62.7 Å². The molecule has 0 spiro atoms. The van der Waals surface area contributed by atoms with Gasteiger partial charge in [-0.1, -0.05) is 6.92 Å². The number of carbonyl (C=O) groups excluding carboxylic acids is 1. The molecular weight excluding hydrogens is 477 g/mol. The van der Waals surface area contributed by atoms with Crippen molar-refractivity contribution in [1.82, 2.24) is 18.9 Å². The van der Waals surface area contributed by atoms with Gasteiger partial charge in [-0.25, -0.2) is 9.11 Å². The van der Waals surface area contributed by atoms with E-state index in [1.165, 1.54) is 19.3 Å². The number of nitrogens with one attached hydrogen (secondary N) is 1. The predicted octanol–water partition coefficient (Wildman–Crippen LogP) is 1.59. The van der Waals surface area contributed by atoms with E-state index in [1.54, 1.807) is 18.1 Å². The zero-order valence-corrected chi connectivity index (χ0v) is 20.6. The maximum absolute atomic E-state index is 14.5. The number of allylic oxidation sites excluding steroid dienone is 3. The Morgan fingerprint density at radius 3 is 2.94 bits per heavy atom. The normalized spacial score (nSPS) is 29.9. The van der Waals surface area contributed by atoms with Crippen molar-refractivity contribution in [3.05, 3.63) is 47.5 Å². The molecule has 0 aromatic carbocycles. The number of halogens is 1. The minimum Gasteiger partial charge on any atom is -0.490 e. The minimum atomic E-state index is -3.92. The van der Waals surface area contributed by atoms with Crippen LogP contribution in [-0.4, -0.2) is 80.2 Å². The third kappa shape index (κ3) is 4.44. The molecule has 1 aliphatic carbocycles. The first-order valence-electron chi connectivity index (χ1n) is 11.9. The average molecular weight is 508 g/mol. The Hall–Kier alpha value is -2.86. The highest BCUT2D eigenvalue weighted by atomic mass is 32.2. The number of amides is 1. The highest BCUT2D eigenvalue weighted by Crippen LogP contribution is 2.42. The van der Waals surface area contributed by atoms with Crippen LogP contribution < -0.4 is 4.72 Å². The van der Waals surface area contributed by atoms with Crippen LogP contribution in [0.4, 0.5) is 4.39 Å². The summed E-state index contributed by atoms with van der Waals surface area (Å²) in [6.07, 6.45) is 10.6. The molecule has 0 radical (unpaired) electrons. The van der Waals surface area contributed by atoms with E-state index >= 15 is 0 Å². The summed E-state index contributed by atoms with van der Waals surface area (Å²) in [5.74, 6) is -0.593. The molecule has 2 unspecified atom stereocenters. The Kier molecular flexibility index (Phi) is 6.34. The zero-order chi connectivity index (χ0) is 24.7. The SMILES string of the molecule is CCN(C)S(=O)(=O)NC(=O)C1C=NN2C=CC(N3CCC[C@@H]3[C@@H]3CC(F)=CC4=C3OCCO4)=CC12. The smallest absolute Gasteiger partial charge is 0.303 e. The molecule has 4 heterocycles. The van der Waals surface area contributed by atoms with E-state index in [0.717, 1.165) is 29.4 Å². The summed E-state index contributed by atoms with van der Waals surface area (Å²) in [5.41, 5.74) is 0.902. The number of hydrazone groups is 1. The molecular formula is C23H30FN5O5S. The van der Waals surface area contributed by atoms with Crippen molar-refractivity contribution in [2.75, 3.05) is 33.4 Å². The highest BCUT2D eigenvalue weighted by molar-refractivity contribution is 7.87. The first-order valence-corrected chi connectivity index (χ1v) is 13.4. The van der Waals surface area contributed by atoms with Gasteiger partial charge in [0.15, 0.2) is 5.76 Å². The molecule has 1 N–H and O–H groups in total. The van der Waals surface area contributed by atoms with Crippen molar-refractivity contribution in [3.63, 3.8) is 0 Å². The number of hydrogen-bond acceptors (Lipinski definition) is 8. The summed E-state index contributed by atoms with van der Waals surface area (Å²) in [5, 5.41) is 5.93. The molecule has 10 nitrogen and oxygen atoms in total. The number of hydrogen-bond donors (Lipinski definition) is 1. The molecule has 0 bridgehead atoms. The Morgan fingerprint density at radius 1 is 1.34 bits per heavy atom. The second kappa shape index (κ2) is 9.30. The van der Waals surface area contributed by atoms with Crippen LogP contribution in [0.15, 0.2) is 52.6 Å². The zero-order valence-electron chi connectivity index (χ0n) is 19.8. The Labute approximate surface area is 204 Å². The Balaban J connectivity index is 1.36. The van der Waals surface area contributed by atoms with E-state index in [2.05, 4.69) is 14.7 Å². The van der Waals surface area contributed by atoms with Crippen molar-refractivity contribution >= 4 is 22.3 Å². The van der Waals surface area contributed by atoms with Crippen LogP contribution >= 0.6 is 0 Å². The van der Waals surface area contributed by atoms with E-state index in [-0.39, 0.29) is 30.8 Å². The summed E-state index contributed by atoms with van der Waals surface area (Å²) >= 11 is 0. The van der Waals surface area contributed by atoms with Gasteiger partial charge in [0.1, 0.15) is 30.7 Å². The standard InChI is InChI=1S/C23H30FN5O5S/c1-3-27(2)35(31,32)26-23(30)18-14-25-29-8-6-16(13-20(18)29)28-7-4-5-19(28)17-11-15(24)12-21-22(17)34-10-9-33-21/h6,8,12-14,17-20H,3-5,7,9-11H2,1-2H3,(H,26,30)/t17-,18?,19+,20?/m0/s1. The fraction of sp³-hybridized carbons (Fsp3) is 0.565. The van der Waals surface area contributed by atoms with E-state index in [4.69, 9.17) is 9.47 Å². The van der Waals surface area contributed by atoms with Gasteiger partial charge < -0.3 is 14.4 Å². The van der Waals surface area contributed by atoms with Crippen molar-refractivity contribution in [2.24, 2.45) is 16.9 Å². The summed E-state index contributed by atoms with van der Waals surface area (Å²) < 4.78 is 54.0. The number of fused-ring (bicyclic) bond motifs is 1. The molecule has 5 aliphatic rings. The lowest BCUT2D eigenvalue weighted by atomic mass is 9.87. The molecule has 35 heavy (non-hydrogen) atoms. The number of ether oxygens (including phenoxy) is 2. The van der Waals surface area contributed by atoms with Crippen LogP contribution in [0.25, 0.3) is 0 Å². The fourth-order valence-electron chi connectivity index (χ4n) is 5.23. The molecule has 1 saturated heterocycles. The summed E-state index contributed by atoms with van der Waals surface area (Å²) in [7, 11) is -2.51. The van der Waals surface area contributed by atoms with Gasteiger partial charge in [-0.3, -0.25) is 9.80 Å².